The Kier molecular flexibility index (Phi) is 4.70. The van der Waals surface area contributed by atoms with Gasteiger partial charge in [0, 0.05) is 18.2 Å². The summed E-state index contributed by atoms with van der Waals surface area (Å²) in [6.07, 6.45) is -0.223. The summed E-state index contributed by atoms with van der Waals surface area (Å²) in [5, 5.41) is 7.13. The molecule has 0 unspecified atom stereocenters. The van der Waals surface area contributed by atoms with Gasteiger partial charge in [-0.1, -0.05) is 11.6 Å². The SMILES string of the molecule is NC(=O)c1c(-c2ccc(F)c(Cl)c2)nn2c1CN(C(=O)N[C@H]1C[C@H](F)C1)CC2. The van der Waals surface area contributed by atoms with Gasteiger partial charge >= 0.3 is 6.03 Å². The molecule has 3 N–H and O–H groups in total. The average Bonchev–Trinajstić information content (AvgIpc) is 3.01. The molecule has 2 aromatic rings. The van der Waals surface area contributed by atoms with Crippen LogP contribution in [-0.4, -0.2) is 45.4 Å². The van der Waals surface area contributed by atoms with Crippen LogP contribution in [0.15, 0.2) is 18.2 Å². The summed E-state index contributed by atoms with van der Waals surface area (Å²) in [6, 6.07) is 3.56. The molecule has 2 heterocycles. The molecule has 1 saturated carbocycles. The number of benzene rings is 1. The molecule has 3 amide bonds. The molecule has 4 rings (SSSR count). The number of urea groups is 1. The Morgan fingerprint density at radius 2 is 2.04 bits per heavy atom. The molecule has 0 saturated heterocycles. The first-order chi connectivity index (χ1) is 13.3. The summed E-state index contributed by atoms with van der Waals surface area (Å²) in [6.45, 7) is 0.889. The van der Waals surface area contributed by atoms with Crippen molar-refractivity contribution in [1.29, 1.82) is 0 Å². The van der Waals surface area contributed by atoms with E-state index in [1.165, 1.54) is 23.1 Å². The molecule has 0 radical (unpaired) electrons. The predicted octanol–water partition coefficient (Wildman–Crippen LogP) is 2.47. The van der Waals surface area contributed by atoms with Crippen molar-refractivity contribution in [3.63, 3.8) is 0 Å². The van der Waals surface area contributed by atoms with Crippen molar-refractivity contribution in [2.45, 2.75) is 38.1 Å². The molecule has 0 bridgehead atoms. The van der Waals surface area contributed by atoms with E-state index in [1.807, 2.05) is 0 Å². The fraction of sp³-hybridized carbons (Fsp3) is 0.389. The number of rotatable bonds is 3. The van der Waals surface area contributed by atoms with E-state index < -0.39 is 17.9 Å². The molecule has 1 aliphatic heterocycles. The molecule has 148 valence electrons. The number of aromatic nitrogens is 2. The van der Waals surface area contributed by atoms with Gasteiger partial charge in [0.15, 0.2) is 0 Å². The molecular formula is C18H18ClF2N5O2. The number of hydrogen-bond acceptors (Lipinski definition) is 3. The summed E-state index contributed by atoms with van der Waals surface area (Å²) < 4.78 is 28.1. The molecule has 0 spiro atoms. The number of nitrogens with zero attached hydrogens (tertiary/aromatic N) is 3. The first-order valence-corrected chi connectivity index (χ1v) is 9.25. The summed E-state index contributed by atoms with van der Waals surface area (Å²) in [5.74, 6) is -1.28. The second kappa shape index (κ2) is 7.05. The predicted molar refractivity (Wildman–Crippen MR) is 98.0 cm³/mol. The first kappa shape index (κ1) is 18.7. The lowest BCUT2D eigenvalue weighted by molar-refractivity contribution is 0.0996. The van der Waals surface area contributed by atoms with Crippen LogP contribution in [0.1, 0.15) is 28.9 Å². The molecule has 0 atom stereocenters. The smallest absolute Gasteiger partial charge is 0.318 e. The zero-order valence-electron chi connectivity index (χ0n) is 14.8. The average molecular weight is 410 g/mol. The monoisotopic (exact) mass is 409 g/mol. The minimum atomic E-state index is -0.861. The molecule has 28 heavy (non-hydrogen) atoms. The van der Waals surface area contributed by atoms with Crippen molar-refractivity contribution in [2.75, 3.05) is 6.54 Å². The molecular weight excluding hydrogens is 392 g/mol. The van der Waals surface area contributed by atoms with Gasteiger partial charge in [0.05, 0.1) is 29.4 Å². The Morgan fingerprint density at radius 1 is 1.29 bits per heavy atom. The van der Waals surface area contributed by atoms with Gasteiger partial charge in [-0.25, -0.2) is 13.6 Å². The summed E-state index contributed by atoms with van der Waals surface area (Å²) in [4.78, 5) is 26.1. The topological polar surface area (TPSA) is 93.2 Å². The lowest BCUT2D eigenvalue weighted by Crippen LogP contribution is -2.52. The normalized spacial score (nSPS) is 21.0. The van der Waals surface area contributed by atoms with Gasteiger partial charge in [-0.15, -0.1) is 0 Å². The van der Waals surface area contributed by atoms with E-state index in [1.54, 1.807) is 4.68 Å². The van der Waals surface area contributed by atoms with Crippen LogP contribution in [0.3, 0.4) is 0 Å². The van der Waals surface area contributed by atoms with E-state index in [0.29, 0.717) is 42.9 Å². The quantitative estimate of drug-likeness (QED) is 0.815. The van der Waals surface area contributed by atoms with Gasteiger partial charge in [-0.2, -0.15) is 5.10 Å². The van der Waals surface area contributed by atoms with Crippen molar-refractivity contribution in [1.82, 2.24) is 20.0 Å². The number of nitrogens with two attached hydrogens (primary N) is 1. The van der Waals surface area contributed by atoms with Gasteiger partial charge in [-0.3, -0.25) is 9.48 Å². The zero-order valence-corrected chi connectivity index (χ0v) is 15.5. The number of amides is 3. The Bertz CT molecular complexity index is 958. The Balaban J connectivity index is 1.62. The highest BCUT2D eigenvalue weighted by Crippen LogP contribution is 2.31. The van der Waals surface area contributed by atoms with Crippen molar-refractivity contribution in [3.8, 4) is 11.3 Å². The van der Waals surface area contributed by atoms with Crippen LogP contribution >= 0.6 is 11.6 Å². The highest BCUT2D eigenvalue weighted by atomic mass is 35.5. The summed E-state index contributed by atoms with van der Waals surface area (Å²) in [7, 11) is 0. The number of alkyl halides is 1. The van der Waals surface area contributed by atoms with Gasteiger partial charge in [0.1, 0.15) is 17.7 Å². The lowest BCUT2D eigenvalue weighted by atomic mass is 9.91. The number of halogens is 3. The highest BCUT2D eigenvalue weighted by molar-refractivity contribution is 6.31. The molecule has 2 aliphatic rings. The molecule has 7 nitrogen and oxygen atoms in total. The van der Waals surface area contributed by atoms with Crippen LogP contribution in [0.5, 0.6) is 0 Å². The Morgan fingerprint density at radius 3 is 2.68 bits per heavy atom. The third-order valence-corrected chi connectivity index (χ3v) is 5.40. The minimum Gasteiger partial charge on any atom is -0.365 e. The van der Waals surface area contributed by atoms with Crippen LogP contribution in [0.25, 0.3) is 11.3 Å². The number of nitrogens with one attached hydrogen (secondary N) is 1. The highest BCUT2D eigenvalue weighted by Gasteiger charge is 2.34. The van der Waals surface area contributed by atoms with E-state index >= 15 is 0 Å². The van der Waals surface area contributed by atoms with E-state index in [4.69, 9.17) is 17.3 Å². The van der Waals surface area contributed by atoms with Crippen LogP contribution in [0.2, 0.25) is 5.02 Å². The molecule has 10 heteroatoms. The van der Waals surface area contributed by atoms with Crippen LogP contribution in [0, 0.1) is 5.82 Å². The van der Waals surface area contributed by atoms with Crippen LogP contribution in [0.4, 0.5) is 13.6 Å². The van der Waals surface area contributed by atoms with Gasteiger partial charge in [-0.05, 0) is 31.0 Å². The van der Waals surface area contributed by atoms with Crippen molar-refractivity contribution < 1.29 is 18.4 Å². The first-order valence-electron chi connectivity index (χ1n) is 8.88. The number of fused-ring (bicyclic) bond motifs is 1. The van der Waals surface area contributed by atoms with E-state index in [2.05, 4.69) is 10.4 Å². The second-order valence-electron chi connectivity index (χ2n) is 7.02. The molecule has 1 aromatic heterocycles. The fourth-order valence-corrected chi connectivity index (χ4v) is 3.71. The zero-order chi connectivity index (χ0) is 20.0. The second-order valence-corrected chi connectivity index (χ2v) is 7.43. The molecule has 1 aliphatic carbocycles. The standard InChI is InChI=1S/C18H18ClF2N5O2/c19-12-5-9(1-2-13(12)21)16-15(17(22)27)14-8-25(3-4-26(14)24-16)18(28)23-11-6-10(20)7-11/h1-2,5,10-11H,3-4,6-8H2,(H2,22,27)(H,23,28)/t10-,11-. The number of carbonyl (C=O) groups excluding carboxylic acids is 2. The third-order valence-electron chi connectivity index (χ3n) is 5.11. The number of primary amides is 1. The summed E-state index contributed by atoms with van der Waals surface area (Å²) >= 11 is 5.85. The maximum absolute atomic E-state index is 13.5. The molecule has 1 fully saturated rings. The Labute approximate surface area is 164 Å². The van der Waals surface area contributed by atoms with Gasteiger partial charge < -0.3 is 16.0 Å². The van der Waals surface area contributed by atoms with E-state index in [9.17, 15) is 18.4 Å². The number of hydrogen-bond donors (Lipinski definition) is 2. The Hall–Kier alpha value is -2.68. The van der Waals surface area contributed by atoms with Crippen LogP contribution in [-0.2, 0) is 13.1 Å². The third kappa shape index (κ3) is 3.30. The lowest BCUT2D eigenvalue weighted by Gasteiger charge is -2.34. The van der Waals surface area contributed by atoms with Gasteiger partial charge in [0.2, 0.25) is 0 Å². The minimum absolute atomic E-state index is 0.0911. The van der Waals surface area contributed by atoms with Crippen LogP contribution < -0.4 is 11.1 Å². The fourth-order valence-electron chi connectivity index (χ4n) is 3.53. The molecule has 1 aromatic carbocycles. The van der Waals surface area contributed by atoms with E-state index in [0.717, 1.165) is 0 Å². The van der Waals surface area contributed by atoms with Crippen molar-refractivity contribution in [2.24, 2.45) is 5.73 Å². The maximum atomic E-state index is 13.5. The number of carbonyl (C=O) groups is 2. The van der Waals surface area contributed by atoms with Crippen molar-refractivity contribution >= 4 is 23.5 Å². The van der Waals surface area contributed by atoms with E-state index in [-0.39, 0.29) is 29.2 Å². The largest absolute Gasteiger partial charge is 0.365 e. The van der Waals surface area contributed by atoms with Crippen molar-refractivity contribution in [3.05, 3.63) is 40.3 Å². The summed E-state index contributed by atoms with van der Waals surface area (Å²) in [5.41, 5.74) is 7.01. The maximum Gasteiger partial charge on any atom is 0.318 e. The van der Waals surface area contributed by atoms with Gasteiger partial charge in [0.25, 0.3) is 5.91 Å².